The van der Waals surface area contributed by atoms with E-state index in [9.17, 15) is 8.78 Å². The van der Waals surface area contributed by atoms with Crippen LogP contribution in [0.5, 0.6) is 0 Å². The molecule has 0 spiro atoms. The first-order chi connectivity index (χ1) is 5.13. The van der Waals surface area contributed by atoms with Crippen LogP contribution in [0.25, 0.3) is 0 Å². The Hall–Kier alpha value is -1.16. The van der Waals surface area contributed by atoms with Gasteiger partial charge in [0, 0.05) is 0 Å². The van der Waals surface area contributed by atoms with E-state index in [2.05, 4.69) is 0 Å². The summed E-state index contributed by atoms with van der Waals surface area (Å²) < 4.78 is 25.3. The van der Waals surface area contributed by atoms with Crippen LogP contribution in [0.4, 0.5) is 8.78 Å². The molecule has 0 aromatic heterocycles. The predicted octanol–water partition coefficient (Wildman–Crippen LogP) is 1.67. The van der Waals surface area contributed by atoms with Gasteiger partial charge in [0.15, 0.2) is 0 Å². The van der Waals surface area contributed by atoms with Crippen LogP contribution in [0.1, 0.15) is 5.56 Å². The lowest BCUT2D eigenvalue weighted by Gasteiger charge is -2.00. The molecule has 1 aromatic carbocycles. The zero-order valence-corrected chi connectivity index (χ0v) is 6.79. The molecule has 0 aliphatic rings. The summed E-state index contributed by atoms with van der Waals surface area (Å²) in [6, 6.07) is 3.33. The van der Waals surface area contributed by atoms with Crippen molar-refractivity contribution >= 4 is 18.2 Å². The molecular weight excluding hydrogens is 186 g/mol. The van der Waals surface area contributed by atoms with Gasteiger partial charge >= 0.3 is 0 Å². The van der Waals surface area contributed by atoms with Crippen LogP contribution < -0.4 is 5.73 Å². The van der Waals surface area contributed by atoms with E-state index in [0.29, 0.717) is 0 Å². The van der Waals surface area contributed by atoms with Crippen molar-refractivity contribution in [3.63, 3.8) is 0 Å². The Kier molecular flexibility index (Phi) is 3.63. The van der Waals surface area contributed by atoms with Crippen LogP contribution in [0, 0.1) is 17.0 Å². The minimum absolute atomic E-state index is 0. The van der Waals surface area contributed by atoms with Gasteiger partial charge in [-0.15, -0.1) is 12.4 Å². The van der Waals surface area contributed by atoms with Gasteiger partial charge < -0.3 is 5.73 Å². The Morgan fingerprint density at radius 1 is 1.25 bits per heavy atom. The second-order valence-corrected chi connectivity index (χ2v) is 2.01. The highest BCUT2D eigenvalue weighted by atomic mass is 35.5. The SMILES string of the molecule is Cl.N=C(N)c1c(F)cccc1F. The molecule has 0 saturated heterocycles. The Bertz CT molecular complexity index is 281. The molecule has 12 heavy (non-hydrogen) atoms. The van der Waals surface area contributed by atoms with Crippen LogP contribution in [-0.4, -0.2) is 5.84 Å². The van der Waals surface area contributed by atoms with Crippen molar-refractivity contribution in [2.75, 3.05) is 0 Å². The summed E-state index contributed by atoms with van der Waals surface area (Å²) in [6.07, 6.45) is 0. The van der Waals surface area contributed by atoms with Crippen molar-refractivity contribution < 1.29 is 8.78 Å². The highest BCUT2D eigenvalue weighted by Gasteiger charge is 2.09. The Morgan fingerprint density at radius 3 is 1.92 bits per heavy atom. The number of rotatable bonds is 1. The summed E-state index contributed by atoms with van der Waals surface area (Å²) in [5.41, 5.74) is 4.45. The second-order valence-electron chi connectivity index (χ2n) is 2.01. The molecule has 0 unspecified atom stereocenters. The first kappa shape index (κ1) is 10.8. The number of hydrogen-bond donors (Lipinski definition) is 2. The third-order valence-electron chi connectivity index (χ3n) is 1.23. The van der Waals surface area contributed by atoms with Gasteiger partial charge in [0.05, 0.1) is 5.56 Å². The predicted molar refractivity (Wildman–Crippen MR) is 44.6 cm³/mol. The van der Waals surface area contributed by atoms with Gasteiger partial charge in [0.1, 0.15) is 17.5 Å². The van der Waals surface area contributed by atoms with Crippen molar-refractivity contribution in [1.29, 1.82) is 5.41 Å². The highest BCUT2D eigenvalue weighted by molar-refractivity contribution is 5.95. The summed E-state index contributed by atoms with van der Waals surface area (Å²) in [5, 5.41) is 6.81. The van der Waals surface area contributed by atoms with Crippen LogP contribution in [0.3, 0.4) is 0 Å². The van der Waals surface area contributed by atoms with E-state index in [-0.39, 0.29) is 12.4 Å². The van der Waals surface area contributed by atoms with Crippen molar-refractivity contribution in [1.82, 2.24) is 0 Å². The molecule has 0 aliphatic carbocycles. The lowest BCUT2D eigenvalue weighted by molar-refractivity contribution is 0.578. The fraction of sp³-hybridized carbons (Fsp3) is 0. The van der Waals surface area contributed by atoms with Crippen molar-refractivity contribution in [3.8, 4) is 0 Å². The lowest BCUT2D eigenvalue weighted by Crippen LogP contribution is -2.15. The molecule has 66 valence electrons. The smallest absolute Gasteiger partial charge is 0.137 e. The number of nitrogen functional groups attached to an aromatic ring is 1. The highest BCUT2D eigenvalue weighted by Crippen LogP contribution is 2.10. The zero-order chi connectivity index (χ0) is 8.43. The third kappa shape index (κ3) is 1.92. The van der Waals surface area contributed by atoms with Crippen molar-refractivity contribution in [2.45, 2.75) is 0 Å². The average Bonchev–Trinajstić information content (AvgIpc) is 1.85. The largest absolute Gasteiger partial charge is 0.384 e. The molecule has 2 nitrogen and oxygen atoms in total. The fourth-order valence-electron chi connectivity index (χ4n) is 0.755. The molecule has 0 atom stereocenters. The lowest BCUT2D eigenvalue weighted by atomic mass is 10.2. The molecule has 1 aromatic rings. The van der Waals surface area contributed by atoms with Crippen LogP contribution in [0.15, 0.2) is 18.2 Å². The molecule has 5 heteroatoms. The molecule has 0 radical (unpaired) electrons. The molecule has 0 fully saturated rings. The van der Waals surface area contributed by atoms with Gasteiger partial charge in [-0.05, 0) is 12.1 Å². The van der Waals surface area contributed by atoms with Gasteiger partial charge in [-0.1, -0.05) is 6.07 Å². The summed E-state index contributed by atoms with van der Waals surface area (Å²) >= 11 is 0. The molecule has 0 aliphatic heterocycles. The number of nitrogens with one attached hydrogen (secondary N) is 1. The van der Waals surface area contributed by atoms with E-state index in [1.807, 2.05) is 0 Å². The number of halogens is 3. The van der Waals surface area contributed by atoms with E-state index < -0.39 is 23.0 Å². The maximum Gasteiger partial charge on any atom is 0.137 e. The fourth-order valence-corrected chi connectivity index (χ4v) is 0.755. The van der Waals surface area contributed by atoms with E-state index >= 15 is 0 Å². The van der Waals surface area contributed by atoms with E-state index in [0.717, 1.165) is 12.1 Å². The van der Waals surface area contributed by atoms with Crippen LogP contribution in [0.2, 0.25) is 0 Å². The van der Waals surface area contributed by atoms with E-state index in [1.54, 1.807) is 0 Å². The van der Waals surface area contributed by atoms with Gasteiger partial charge in [-0.3, -0.25) is 5.41 Å². The Balaban J connectivity index is 0.00000121. The Labute approximate surface area is 74.3 Å². The standard InChI is InChI=1S/C7H6F2N2.ClH/c8-4-2-1-3-5(9)6(4)7(10)11;/h1-3H,(H3,10,11);1H. The summed E-state index contributed by atoms with van der Waals surface area (Å²) in [6.45, 7) is 0. The maximum absolute atomic E-state index is 12.6. The quantitative estimate of drug-likeness (QED) is 0.516. The summed E-state index contributed by atoms with van der Waals surface area (Å²) in [7, 11) is 0. The molecule has 1 rings (SSSR count). The molecule has 0 saturated carbocycles. The minimum atomic E-state index is -0.808. The van der Waals surface area contributed by atoms with E-state index in [4.69, 9.17) is 11.1 Å². The van der Waals surface area contributed by atoms with Crippen LogP contribution >= 0.6 is 12.4 Å². The normalized spacial score (nSPS) is 8.83. The number of nitrogens with two attached hydrogens (primary N) is 1. The van der Waals surface area contributed by atoms with Crippen molar-refractivity contribution in [3.05, 3.63) is 35.4 Å². The third-order valence-corrected chi connectivity index (χ3v) is 1.23. The molecule has 0 heterocycles. The van der Waals surface area contributed by atoms with Gasteiger partial charge in [0.25, 0.3) is 0 Å². The topological polar surface area (TPSA) is 49.9 Å². The van der Waals surface area contributed by atoms with Crippen LogP contribution in [-0.2, 0) is 0 Å². The maximum atomic E-state index is 12.6. The second kappa shape index (κ2) is 4.01. The van der Waals surface area contributed by atoms with Gasteiger partial charge in [-0.25, -0.2) is 8.78 Å². The van der Waals surface area contributed by atoms with Crippen molar-refractivity contribution in [2.24, 2.45) is 5.73 Å². The minimum Gasteiger partial charge on any atom is -0.384 e. The molecule has 0 bridgehead atoms. The first-order valence-electron chi connectivity index (χ1n) is 2.91. The monoisotopic (exact) mass is 192 g/mol. The zero-order valence-electron chi connectivity index (χ0n) is 5.97. The number of hydrogen-bond acceptors (Lipinski definition) is 1. The molecule has 3 N–H and O–H groups in total. The van der Waals surface area contributed by atoms with Gasteiger partial charge in [-0.2, -0.15) is 0 Å². The number of amidine groups is 1. The van der Waals surface area contributed by atoms with Gasteiger partial charge in [0.2, 0.25) is 0 Å². The number of benzene rings is 1. The summed E-state index contributed by atoms with van der Waals surface area (Å²) in [5.74, 6) is -2.21. The average molecular weight is 193 g/mol. The van der Waals surface area contributed by atoms with E-state index in [1.165, 1.54) is 6.07 Å². The summed E-state index contributed by atoms with van der Waals surface area (Å²) in [4.78, 5) is 0. The Morgan fingerprint density at radius 2 is 1.67 bits per heavy atom. The molecule has 0 amide bonds. The first-order valence-corrected chi connectivity index (χ1v) is 2.91. The molecular formula is C7H7ClF2N2.